The Morgan fingerprint density at radius 1 is 1.38 bits per heavy atom. The van der Waals surface area contributed by atoms with Crippen LogP contribution in [0.2, 0.25) is 0 Å². The first-order valence-electron chi connectivity index (χ1n) is 2.14. The van der Waals surface area contributed by atoms with Crippen molar-refractivity contribution in [3.63, 3.8) is 0 Å². The average Bonchev–Trinajstić information content (AvgIpc) is 2.19. The number of carbonyl (C=O) groups excluding carboxylic acids is 1. The lowest BCUT2D eigenvalue weighted by Gasteiger charge is -1.92. The van der Waals surface area contributed by atoms with Gasteiger partial charge in [0.2, 0.25) is 6.08 Å². The lowest BCUT2D eigenvalue weighted by molar-refractivity contribution is 0.566. The van der Waals surface area contributed by atoms with Crippen molar-refractivity contribution in [2.45, 2.75) is 0 Å². The number of hydrogen-bond donors (Lipinski definition) is 1. The highest BCUT2D eigenvalue weighted by Gasteiger charge is 1.91. The van der Waals surface area contributed by atoms with Gasteiger partial charge in [-0.1, -0.05) is 12.2 Å². The molecule has 42 valence electrons. The number of isocyanates is 1. The second-order valence-corrected chi connectivity index (χ2v) is 2.81. The van der Waals surface area contributed by atoms with Gasteiger partial charge in [0.15, 0.2) is 0 Å². The van der Waals surface area contributed by atoms with Crippen molar-refractivity contribution in [3.8, 4) is 0 Å². The van der Waals surface area contributed by atoms with Gasteiger partial charge in [-0.05, 0) is 10.8 Å². The third-order valence-corrected chi connectivity index (χ3v) is 2.01. The number of rotatable bonds is 1. The summed E-state index contributed by atoms with van der Waals surface area (Å²) in [6, 6.07) is 0. The summed E-state index contributed by atoms with van der Waals surface area (Å²) in [6.07, 6.45) is 5.27. The molecule has 1 heterocycles. The first kappa shape index (κ1) is 5.35. The Labute approximate surface area is 50.1 Å². The molecule has 0 aromatic rings. The van der Waals surface area contributed by atoms with Crippen LogP contribution in [0.4, 0.5) is 0 Å². The molecule has 0 aromatic carbocycles. The van der Waals surface area contributed by atoms with Gasteiger partial charge in [-0.3, -0.25) is 0 Å². The van der Waals surface area contributed by atoms with Crippen molar-refractivity contribution in [3.05, 3.63) is 23.0 Å². The van der Waals surface area contributed by atoms with E-state index in [-0.39, 0.29) is 0 Å². The van der Waals surface area contributed by atoms with Crippen molar-refractivity contribution in [1.82, 2.24) is 0 Å². The van der Waals surface area contributed by atoms with Crippen LogP contribution in [-0.4, -0.2) is 6.08 Å². The maximum Gasteiger partial charge on any atom is 0.246 e. The quantitative estimate of drug-likeness (QED) is 0.321. The second kappa shape index (κ2) is 2.50. The van der Waals surface area contributed by atoms with E-state index in [0.717, 1.165) is 0 Å². The molecule has 0 aromatic heterocycles. The lowest BCUT2D eigenvalue weighted by Crippen LogP contribution is -1.54. The molecular weight excluding hydrogens is 122 g/mol. The highest BCUT2D eigenvalue weighted by molar-refractivity contribution is 8.21. The van der Waals surface area contributed by atoms with Crippen molar-refractivity contribution in [1.29, 1.82) is 0 Å². The molecule has 1 aliphatic heterocycles. The van der Waals surface area contributed by atoms with Crippen LogP contribution in [0.15, 0.2) is 27.4 Å². The fourth-order valence-electron chi connectivity index (χ4n) is 0.439. The van der Waals surface area contributed by atoms with Crippen LogP contribution in [0.1, 0.15) is 0 Å². The summed E-state index contributed by atoms with van der Waals surface area (Å²) in [7, 11) is 0. The summed E-state index contributed by atoms with van der Waals surface area (Å²) in [5.74, 6) is 0. The zero-order chi connectivity index (χ0) is 5.82. The molecule has 0 unspecified atom stereocenters. The molecule has 0 N–H and O–H groups in total. The minimum atomic E-state index is -0.605. The highest BCUT2D eigenvalue weighted by Crippen LogP contribution is 2.32. The zero-order valence-corrected chi connectivity index (χ0v) is 5.01. The third kappa shape index (κ3) is 1.09. The van der Waals surface area contributed by atoms with E-state index in [9.17, 15) is 4.79 Å². The van der Waals surface area contributed by atoms with E-state index < -0.39 is 11.1 Å². The van der Waals surface area contributed by atoms with Gasteiger partial charge in [-0.25, -0.2) is 4.79 Å². The molecule has 8 heavy (non-hydrogen) atoms. The Hall–Kier alpha value is -0.790. The fourth-order valence-corrected chi connectivity index (χ4v) is 1.32. The zero-order valence-electron chi connectivity index (χ0n) is 4.11. The van der Waals surface area contributed by atoms with Gasteiger partial charge in [-0.15, -0.1) is 11.1 Å². The first-order valence-corrected chi connectivity index (χ1v) is 3.58. The van der Waals surface area contributed by atoms with Crippen molar-refractivity contribution in [2.24, 2.45) is 4.40 Å². The summed E-state index contributed by atoms with van der Waals surface area (Å²) in [5.41, 5.74) is 0. The van der Waals surface area contributed by atoms with Gasteiger partial charge in [0.1, 0.15) is 0 Å². The van der Waals surface area contributed by atoms with E-state index in [1.165, 1.54) is 6.08 Å². The summed E-state index contributed by atoms with van der Waals surface area (Å²) in [6.45, 7) is 0. The Morgan fingerprint density at radius 2 is 2.00 bits per heavy atom. The molecule has 1 aliphatic rings. The summed E-state index contributed by atoms with van der Waals surface area (Å²) in [4.78, 5) is 9.62. The highest BCUT2D eigenvalue weighted by atomic mass is 32.2. The van der Waals surface area contributed by atoms with Crippen molar-refractivity contribution < 1.29 is 4.79 Å². The van der Waals surface area contributed by atoms with Crippen molar-refractivity contribution >= 4 is 17.2 Å². The van der Waals surface area contributed by atoms with Crippen LogP contribution in [0, 0.1) is 0 Å². The molecule has 0 spiro atoms. The van der Waals surface area contributed by atoms with Crippen LogP contribution in [-0.2, 0) is 4.79 Å². The summed E-state index contributed by atoms with van der Waals surface area (Å²) >= 11 is -0.605. The Morgan fingerprint density at radius 3 is 2.50 bits per heavy atom. The minimum absolute atomic E-state index is 0.605. The molecule has 0 radical (unpaired) electrons. The molecule has 3 heteroatoms. The van der Waals surface area contributed by atoms with Gasteiger partial charge in [-0.2, -0.15) is 4.40 Å². The van der Waals surface area contributed by atoms with Gasteiger partial charge in [0, 0.05) is 0 Å². The predicted molar refractivity (Wildman–Crippen MR) is 35.4 cm³/mol. The van der Waals surface area contributed by atoms with E-state index in [2.05, 4.69) is 4.40 Å². The predicted octanol–water partition coefficient (Wildman–Crippen LogP) is 1.28. The van der Waals surface area contributed by atoms with Gasteiger partial charge < -0.3 is 0 Å². The van der Waals surface area contributed by atoms with Crippen LogP contribution in [0.5, 0.6) is 0 Å². The lowest BCUT2D eigenvalue weighted by atomic mass is 10.6. The monoisotopic (exact) mass is 127 g/mol. The average molecular weight is 127 g/mol. The Balaban J connectivity index is 2.62. The number of nitrogens with zero attached hydrogens (tertiary/aromatic N) is 1. The second-order valence-electron chi connectivity index (χ2n) is 1.25. The van der Waals surface area contributed by atoms with E-state index in [0.29, 0.717) is 0 Å². The Kier molecular flexibility index (Phi) is 1.67. The SMILES string of the molecule is O=C=N[SH]1C=CC=C1. The van der Waals surface area contributed by atoms with Crippen molar-refractivity contribution in [2.75, 3.05) is 0 Å². The van der Waals surface area contributed by atoms with E-state index in [1.54, 1.807) is 0 Å². The molecule has 1 rings (SSSR count). The maximum atomic E-state index is 9.62. The van der Waals surface area contributed by atoms with E-state index in [1.807, 2.05) is 23.0 Å². The topological polar surface area (TPSA) is 29.4 Å². The molecule has 0 bridgehead atoms. The molecule has 0 amide bonds. The minimum Gasteiger partial charge on any atom is -0.210 e. The molecular formula is C5H5NOS. The van der Waals surface area contributed by atoms with Crippen LogP contribution >= 0.6 is 11.1 Å². The fraction of sp³-hybridized carbons (Fsp3) is 0. The summed E-state index contributed by atoms with van der Waals surface area (Å²) in [5, 5.41) is 3.78. The normalized spacial score (nSPS) is 18.8. The van der Waals surface area contributed by atoms with Gasteiger partial charge in [0.05, 0.1) is 0 Å². The standard InChI is InChI=1S/C5H5NOS/c7-5-6-8-3-1-2-4-8/h1-4,8H. The molecule has 0 aliphatic carbocycles. The number of thiol groups is 1. The number of hydrogen-bond acceptors (Lipinski definition) is 2. The molecule has 0 saturated carbocycles. The molecule has 0 atom stereocenters. The molecule has 0 saturated heterocycles. The summed E-state index contributed by atoms with van der Waals surface area (Å²) < 4.78 is 3.51. The third-order valence-electron chi connectivity index (χ3n) is 0.745. The van der Waals surface area contributed by atoms with Gasteiger partial charge in [0.25, 0.3) is 0 Å². The Bertz CT molecular complexity index is 167. The largest absolute Gasteiger partial charge is 0.246 e. The first-order chi connectivity index (χ1) is 3.93. The maximum absolute atomic E-state index is 9.62. The number of allylic oxidation sites excluding steroid dienone is 2. The van der Waals surface area contributed by atoms with Crippen LogP contribution < -0.4 is 0 Å². The van der Waals surface area contributed by atoms with Gasteiger partial charge >= 0.3 is 0 Å². The molecule has 0 fully saturated rings. The smallest absolute Gasteiger partial charge is 0.210 e. The molecule has 2 nitrogen and oxygen atoms in total. The van der Waals surface area contributed by atoms with Crippen LogP contribution in [0.3, 0.4) is 0 Å². The van der Waals surface area contributed by atoms with Crippen LogP contribution in [0.25, 0.3) is 0 Å². The van der Waals surface area contributed by atoms with E-state index >= 15 is 0 Å². The van der Waals surface area contributed by atoms with E-state index in [4.69, 9.17) is 0 Å².